The molecule has 2 amide bonds. The van der Waals surface area contributed by atoms with Gasteiger partial charge in [-0.05, 0) is 18.4 Å². The third-order valence-electron chi connectivity index (χ3n) is 3.15. The minimum atomic E-state index is -1.09. The summed E-state index contributed by atoms with van der Waals surface area (Å²) in [7, 11) is 0. The van der Waals surface area contributed by atoms with Crippen LogP contribution in [0.25, 0.3) is 0 Å². The van der Waals surface area contributed by atoms with Crippen LogP contribution in [0, 0.1) is 0 Å². The van der Waals surface area contributed by atoms with Gasteiger partial charge in [0, 0.05) is 6.61 Å². The number of benzene rings is 1. The van der Waals surface area contributed by atoms with Gasteiger partial charge in [0.2, 0.25) is 0 Å². The summed E-state index contributed by atoms with van der Waals surface area (Å²) in [5, 5.41) is 14.4. The maximum Gasteiger partial charge on any atom is 0.330 e. The summed E-state index contributed by atoms with van der Waals surface area (Å²) in [6, 6.07) is 7.00. The lowest BCUT2D eigenvalue weighted by Gasteiger charge is -2.24. The van der Waals surface area contributed by atoms with Crippen molar-refractivity contribution in [2.24, 2.45) is 0 Å². The first-order chi connectivity index (χ1) is 9.66. The van der Waals surface area contributed by atoms with E-state index < -0.39 is 18.0 Å². The van der Waals surface area contributed by atoms with E-state index in [1.807, 2.05) is 0 Å². The Labute approximate surface area is 117 Å². The van der Waals surface area contributed by atoms with Crippen molar-refractivity contribution < 1.29 is 19.4 Å². The first-order valence-electron chi connectivity index (χ1n) is 6.59. The highest BCUT2D eigenvalue weighted by atomic mass is 16.5. The molecular formula is C14H18N2O4. The molecule has 1 unspecified atom stereocenters. The summed E-state index contributed by atoms with van der Waals surface area (Å²) in [4.78, 5) is 23.1. The Hall–Kier alpha value is -2.08. The molecule has 1 fully saturated rings. The summed E-state index contributed by atoms with van der Waals surface area (Å²) < 4.78 is 5.26. The van der Waals surface area contributed by atoms with Crippen LogP contribution in [-0.2, 0) is 9.53 Å². The van der Waals surface area contributed by atoms with Crippen LogP contribution in [0.1, 0.15) is 24.4 Å². The molecule has 1 heterocycles. The van der Waals surface area contributed by atoms with Crippen LogP contribution in [0.5, 0.6) is 0 Å². The molecule has 0 aromatic heterocycles. The standard InChI is InChI=1S/C14H18N2O4/c17-13(18)12(10-5-2-1-3-6-10)16-14(19)15-11-7-4-8-20-9-11/h1-3,5-6,11-12H,4,7-9H2,(H,17,18)(H2,15,16,19)/t11?,12-/m0/s1. The molecule has 2 rings (SSSR count). The van der Waals surface area contributed by atoms with Crippen LogP contribution >= 0.6 is 0 Å². The minimum Gasteiger partial charge on any atom is -0.479 e. The number of rotatable bonds is 4. The second kappa shape index (κ2) is 6.91. The lowest BCUT2D eigenvalue weighted by molar-refractivity contribution is -0.139. The lowest BCUT2D eigenvalue weighted by atomic mass is 10.1. The first-order valence-corrected chi connectivity index (χ1v) is 6.59. The highest BCUT2D eigenvalue weighted by molar-refractivity contribution is 5.83. The zero-order valence-corrected chi connectivity index (χ0v) is 11.0. The van der Waals surface area contributed by atoms with Crippen LogP contribution < -0.4 is 10.6 Å². The number of carboxylic acid groups (broad SMARTS) is 1. The van der Waals surface area contributed by atoms with Crippen LogP contribution in [0.4, 0.5) is 4.79 Å². The fourth-order valence-corrected chi connectivity index (χ4v) is 2.15. The first kappa shape index (κ1) is 14.3. The zero-order chi connectivity index (χ0) is 14.4. The Morgan fingerprint density at radius 1 is 1.30 bits per heavy atom. The Morgan fingerprint density at radius 2 is 2.05 bits per heavy atom. The maximum atomic E-state index is 11.9. The van der Waals surface area contributed by atoms with E-state index >= 15 is 0 Å². The summed E-state index contributed by atoms with van der Waals surface area (Å²) in [5.41, 5.74) is 0.537. The fourth-order valence-electron chi connectivity index (χ4n) is 2.15. The molecule has 0 saturated carbocycles. The number of aliphatic carboxylic acids is 1. The Morgan fingerprint density at radius 3 is 2.65 bits per heavy atom. The van der Waals surface area contributed by atoms with Gasteiger partial charge in [-0.3, -0.25) is 0 Å². The molecule has 0 radical (unpaired) electrons. The Balaban J connectivity index is 1.94. The predicted molar refractivity (Wildman–Crippen MR) is 72.3 cm³/mol. The maximum absolute atomic E-state index is 11.9. The third kappa shape index (κ3) is 3.96. The molecule has 6 nitrogen and oxygen atoms in total. The smallest absolute Gasteiger partial charge is 0.330 e. The van der Waals surface area contributed by atoms with Crippen molar-refractivity contribution >= 4 is 12.0 Å². The zero-order valence-electron chi connectivity index (χ0n) is 11.0. The van der Waals surface area contributed by atoms with Gasteiger partial charge in [0.05, 0.1) is 12.6 Å². The third-order valence-corrected chi connectivity index (χ3v) is 3.15. The van der Waals surface area contributed by atoms with Gasteiger partial charge < -0.3 is 20.5 Å². The van der Waals surface area contributed by atoms with Crippen molar-refractivity contribution in [3.05, 3.63) is 35.9 Å². The molecule has 1 aliphatic heterocycles. The number of hydrogen-bond acceptors (Lipinski definition) is 3. The number of nitrogens with one attached hydrogen (secondary N) is 2. The van der Waals surface area contributed by atoms with Gasteiger partial charge in [-0.2, -0.15) is 0 Å². The largest absolute Gasteiger partial charge is 0.479 e. The van der Waals surface area contributed by atoms with Crippen LogP contribution in [0.3, 0.4) is 0 Å². The van der Waals surface area contributed by atoms with Gasteiger partial charge in [-0.25, -0.2) is 9.59 Å². The summed E-state index contributed by atoms with van der Waals surface area (Å²) >= 11 is 0. The second-order valence-corrected chi connectivity index (χ2v) is 4.71. The number of carbonyl (C=O) groups excluding carboxylic acids is 1. The number of carboxylic acids is 1. The molecule has 3 N–H and O–H groups in total. The Kier molecular flexibility index (Phi) is 4.95. The van der Waals surface area contributed by atoms with E-state index in [-0.39, 0.29) is 6.04 Å². The number of carbonyl (C=O) groups is 2. The molecule has 20 heavy (non-hydrogen) atoms. The molecule has 6 heteroatoms. The van der Waals surface area contributed by atoms with E-state index in [4.69, 9.17) is 4.74 Å². The summed E-state index contributed by atoms with van der Waals surface area (Å²) in [6.45, 7) is 1.18. The molecule has 0 spiro atoms. The molecule has 1 saturated heterocycles. The van der Waals surface area contributed by atoms with Gasteiger partial charge in [0.1, 0.15) is 0 Å². The summed E-state index contributed by atoms with van der Waals surface area (Å²) in [6.07, 6.45) is 1.74. The number of amides is 2. The van der Waals surface area contributed by atoms with Crippen molar-refractivity contribution in [2.45, 2.75) is 24.9 Å². The lowest BCUT2D eigenvalue weighted by Crippen LogP contribution is -2.47. The molecule has 1 aromatic carbocycles. The SMILES string of the molecule is O=C(NC1CCCOC1)N[C@H](C(=O)O)c1ccccc1. The quantitative estimate of drug-likeness (QED) is 0.774. The number of hydrogen-bond donors (Lipinski definition) is 3. The highest BCUT2D eigenvalue weighted by Gasteiger charge is 2.23. The predicted octanol–water partition coefficient (Wildman–Crippen LogP) is 1.29. The van der Waals surface area contributed by atoms with Gasteiger partial charge in [-0.15, -0.1) is 0 Å². The van der Waals surface area contributed by atoms with Crippen LogP contribution in [0.2, 0.25) is 0 Å². The highest BCUT2D eigenvalue weighted by Crippen LogP contribution is 2.13. The Bertz CT molecular complexity index is 458. The topological polar surface area (TPSA) is 87.7 Å². The molecular weight excluding hydrogens is 260 g/mol. The van der Waals surface area contributed by atoms with E-state index in [2.05, 4.69) is 10.6 Å². The van der Waals surface area contributed by atoms with Gasteiger partial charge in [-0.1, -0.05) is 30.3 Å². The normalized spacial score (nSPS) is 19.9. The second-order valence-electron chi connectivity index (χ2n) is 4.71. The molecule has 108 valence electrons. The van der Waals surface area contributed by atoms with Crippen molar-refractivity contribution in [1.82, 2.24) is 10.6 Å². The molecule has 1 aromatic rings. The average Bonchev–Trinajstić information content (AvgIpc) is 2.46. The van der Waals surface area contributed by atoms with E-state index in [0.717, 1.165) is 12.8 Å². The molecule has 0 aliphatic carbocycles. The van der Waals surface area contributed by atoms with Crippen LogP contribution in [0.15, 0.2) is 30.3 Å². The van der Waals surface area contributed by atoms with E-state index in [1.165, 1.54) is 0 Å². The average molecular weight is 278 g/mol. The van der Waals surface area contributed by atoms with Crippen molar-refractivity contribution in [2.75, 3.05) is 13.2 Å². The monoisotopic (exact) mass is 278 g/mol. The van der Waals surface area contributed by atoms with Gasteiger partial charge >= 0.3 is 12.0 Å². The van der Waals surface area contributed by atoms with Crippen molar-refractivity contribution in [3.8, 4) is 0 Å². The molecule has 0 bridgehead atoms. The summed E-state index contributed by atoms with van der Waals surface area (Å²) in [5.74, 6) is -1.09. The number of urea groups is 1. The van der Waals surface area contributed by atoms with Crippen LogP contribution in [-0.4, -0.2) is 36.4 Å². The number of ether oxygens (including phenoxy) is 1. The van der Waals surface area contributed by atoms with Crippen molar-refractivity contribution in [1.29, 1.82) is 0 Å². The van der Waals surface area contributed by atoms with Crippen molar-refractivity contribution in [3.63, 3.8) is 0 Å². The van der Waals surface area contributed by atoms with E-state index in [9.17, 15) is 14.7 Å². The van der Waals surface area contributed by atoms with Gasteiger partial charge in [0.25, 0.3) is 0 Å². The molecule has 1 aliphatic rings. The van der Waals surface area contributed by atoms with E-state index in [0.29, 0.717) is 18.8 Å². The fraction of sp³-hybridized carbons (Fsp3) is 0.429. The van der Waals surface area contributed by atoms with Gasteiger partial charge in [0.15, 0.2) is 6.04 Å². The van der Waals surface area contributed by atoms with E-state index in [1.54, 1.807) is 30.3 Å². The molecule has 2 atom stereocenters. The minimum absolute atomic E-state index is 0.0611.